The summed E-state index contributed by atoms with van der Waals surface area (Å²) in [4.78, 5) is 0. The van der Waals surface area contributed by atoms with Crippen molar-refractivity contribution in [2.45, 2.75) is 70.5 Å². The Morgan fingerprint density at radius 1 is 1.05 bits per heavy atom. The van der Waals surface area contributed by atoms with Crippen LogP contribution in [-0.2, 0) is 0 Å². The summed E-state index contributed by atoms with van der Waals surface area (Å²) >= 11 is 0. The lowest BCUT2D eigenvalue weighted by molar-refractivity contribution is 0.419. The average molecular weight is 325 g/mol. The minimum atomic E-state index is -2.25. The molecule has 0 atom stereocenters. The Kier molecular flexibility index (Phi) is 5.00. The van der Waals surface area contributed by atoms with E-state index in [1.165, 1.54) is 12.1 Å². The first-order valence-electron chi connectivity index (χ1n) is 8.11. The molecule has 0 unspecified atom stereocenters. The largest absolute Gasteiger partial charge is 0.540 e. The van der Waals surface area contributed by atoms with E-state index in [1.807, 2.05) is 13.1 Å². The van der Waals surface area contributed by atoms with Crippen molar-refractivity contribution in [2.75, 3.05) is 0 Å². The molecule has 123 valence electrons. The van der Waals surface area contributed by atoms with Crippen LogP contribution in [-0.4, -0.2) is 8.32 Å². The van der Waals surface area contributed by atoms with E-state index in [1.54, 1.807) is 0 Å². The van der Waals surface area contributed by atoms with E-state index in [0.717, 1.165) is 31.2 Å². The zero-order valence-electron chi connectivity index (χ0n) is 14.3. The van der Waals surface area contributed by atoms with Gasteiger partial charge in [-0.25, -0.2) is 8.78 Å². The van der Waals surface area contributed by atoms with Gasteiger partial charge in [0.15, 0.2) is 17.4 Å². The van der Waals surface area contributed by atoms with Gasteiger partial charge in [0.25, 0.3) is 8.32 Å². The van der Waals surface area contributed by atoms with Gasteiger partial charge in [0.2, 0.25) is 0 Å². The fraction of sp³-hybridized carbons (Fsp3) is 0.611. The van der Waals surface area contributed by atoms with Crippen molar-refractivity contribution in [2.24, 2.45) is 0 Å². The van der Waals surface area contributed by atoms with Gasteiger partial charge in [0.1, 0.15) is 0 Å². The van der Waals surface area contributed by atoms with Crippen molar-refractivity contribution >= 4 is 8.32 Å². The number of hydrogen-bond acceptors (Lipinski definition) is 1. The molecule has 2 rings (SSSR count). The standard InChI is InChI=1S/C18H27F2OSi/c1-18(2,3)22(4,5)21-17-15(19)11-14(12-16(17)20)13-9-7-6-8-10-13/h6,11-13H,7-10H2,1-5H3. The monoisotopic (exact) mass is 325 g/mol. The molecule has 0 spiro atoms. The third kappa shape index (κ3) is 3.70. The molecule has 22 heavy (non-hydrogen) atoms. The molecule has 4 heteroatoms. The molecule has 1 saturated carbocycles. The van der Waals surface area contributed by atoms with Gasteiger partial charge in [-0.15, -0.1) is 0 Å². The van der Waals surface area contributed by atoms with Crippen LogP contribution in [0, 0.1) is 18.1 Å². The summed E-state index contributed by atoms with van der Waals surface area (Å²) in [7, 11) is -2.25. The Morgan fingerprint density at radius 2 is 1.55 bits per heavy atom. The molecule has 1 fully saturated rings. The third-order valence-corrected chi connectivity index (χ3v) is 9.42. The van der Waals surface area contributed by atoms with Crippen molar-refractivity contribution < 1.29 is 13.2 Å². The molecule has 1 radical (unpaired) electrons. The van der Waals surface area contributed by atoms with E-state index < -0.39 is 20.0 Å². The summed E-state index contributed by atoms with van der Waals surface area (Å²) in [5, 5.41) is -0.0935. The van der Waals surface area contributed by atoms with Gasteiger partial charge in [-0.3, -0.25) is 0 Å². The highest BCUT2D eigenvalue weighted by molar-refractivity contribution is 6.74. The van der Waals surface area contributed by atoms with Gasteiger partial charge in [-0.2, -0.15) is 0 Å². The molecular formula is C18H27F2OSi. The summed E-state index contributed by atoms with van der Waals surface area (Å²) in [6, 6.07) is 2.95. The van der Waals surface area contributed by atoms with Crippen LogP contribution in [0.4, 0.5) is 8.78 Å². The van der Waals surface area contributed by atoms with E-state index in [4.69, 9.17) is 4.43 Å². The SMILES string of the molecule is CC(C)(C)[Si](C)(C)Oc1c(F)cc(C2CC[CH]CC2)cc1F. The summed E-state index contributed by atoms with van der Waals surface area (Å²) in [5.74, 6) is -1.06. The summed E-state index contributed by atoms with van der Waals surface area (Å²) in [6.07, 6.45) is 6.24. The summed E-state index contributed by atoms with van der Waals surface area (Å²) < 4.78 is 34.7. The maximum Gasteiger partial charge on any atom is 0.250 e. The lowest BCUT2D eigenvalue weighted by atomic mass is 9.84. The maximum absolute atomic E-state index is 14.4. The van der Waals surface area contributed by atoms with Gasteiger partial charge in [-0.1, -0.05) is 20.8 Å². The molecule has 1 nitrogen and oxygen atoms in total. The molecule has 0 aromatic heterocycles. The van der Waals surface area contributed by atoms with E-state index in [2.05, 4.69) is 27.2 Å². The first-order chi connectivity index (χ1) is 10.1. The van der Waals surface area contributed by atoms with E-state index in [-0.39, 0.29) is 16.7 Å². The Balaban J connectivity index is 2.27. The molecule has 0 amide bonds. The molecule has 0 saturated heterocycles. The number of hydrogen-bond donors (Lipinski definition) is 0. The van der Waals surface area contributed by atoms with Crippen LogP contribution in [0.5, 0.6) is 5.75 Å². The van der Waals surface area contributed by atoms with Crippen LogP contribution in [0.1, 0.15) is 57.9 Å². The minimum Gasteiger partial charge on any atom is -0.540 e. The second-order valence-electron chi connectivity index (χ2n) is 7.82. The zero-order valence-corrected chi connectivity index (χ0v) is 15.3. The van der Waals surface area contributed by atoms with Gasteiger partial charge in [-0.05, 0) is 73.9 Å². The first-order valence-corrected chi connectivity index (χ1v) is 11.0. The molecule has 0 N–H and O–H groups in total. The van der Waals surface area contributed by atoms with Crippen molar-refractivity contribution in [1.82, 2.24) is 0 Å². The zero-order chi connectivity index (χ0) is 16.5. The molecular weight excluding hydrogens is 298 g/mol. The number of rotatable bonds is 3. The van der Waals surface area contributed by atoms with Crippen LogP contribution in [0.15, 0.2) is 12.1 Å². The molecule has 1 aliphatic carbocycles. The van der Waals surface area contributed by atoms with Crippen LogP contribution >= 0.6 is 0 Å². The van der Waals surface area contributed by atoms with Gasteiger partial charge >= 0.3 is 0 Å². The predicted octanol–water partition coefficient (Wildman–Crippen LogP) is 6.21. The lowest BCUT2D eigenvalue weighted by Crippen LogP contribution is -2.44. The first kappa shape index (κ1) is 17.5. The van der Waals surface area contributed by atoms with Crippen molar-refractivity contribution in [3.63, 3.8) is 0 Å². The van der Waals surface area contributed by atoms with E-state index >= 15 is 0 Å². The van der Waals surface area contributed by atoms with Crippen LogP contribution in [0.2, 0.25) is 18.1 Å². The molecule has 1 aromatic rings. The maximum atomic E-state index is 14.4. The molecule has 1 aliphatic rings. The van der Waals surface area contributed by atoms with Gasteiger partial charge in [0, 0.05) is 0 Å². The number of halogens is 2. The van der Waals surface area contributed by atoms with Gasteiger partial charge < -0.3 is 4.43 Å². The van der Waals surface area contributed by atoms with E-state index in [9.17, 15) is 8.78 Å². The van der Waals surface area contributed by atoms with Crippen molar-refractivity contribution in [1.29, 1.82) is 0 Å². The normalized spacial score (nSPS) is 17.6. The highest BCUT2D eigenvalue weighted by Gasteiger charge is 2.40. The number of benzene rings is 1. The fourth-order valence-electron chi connectivity index (χ4n) is 2.58. The molecule has 1 aromatic carbocycles. The van der Waals surface area contributed by atoms with Gasteiger partial charge in [0.05, 0.1) is 0 Å². The Hall–Kier alpha value is -0.903. The summed E-state index contributed by atoms with van der Waals surface area (Å²) in [5.41, 5.74) is 0.769. The molecule has 0 aliphatic heterocycles. The summed E-state index contributed by atoms with van der Waals surface area (Å²) in [6.45, 7) is 10.2. The molecule has 0 bridgehead atoms. The average Bonchev–Trinajstić information content (AvgIpc) is 2.42. The fourth-order valence-corrected chi connectivity index (χ4v) is 3.59. The predicted molar refractivity (Wildman–Crippen MR) is 89.7 cm³/mol. The van der Waals surface area contributed by atoms with Crippen molar-refractivity contribution in [3.8, 4) is 5.75 Å². The lowest BCUT2D eigenvalue weighted by Gasteiger charge is -2.36. The Morgan fingerprint density at radius 3 is 2.00 bits per heavy atom. The van der Waals surface area contributed by atoms with Crippen LogP contribution in [0.3, 0.4) is 0 Å². The Bertz CT molecular complexity index is 505. The smallest absolute Gasteiger partial charge is 0.250 e. The second kappa shape index (κ2) is 6.30. The molecule has 0 heterocycles. The topological polar surface area (TPSA) is 9.23 Å². The highest BCUT2D eigenvalue weighted by atomic mass is 28.4. The van der Waals surface area contributed by atoms with Crippen LogP contribution < -0.4 is 4.43 Å². The third-order valence-electron chi connectivity index (χ3n) is 5.09. The van der Waals surface area contributed by atoms with Crippen molar-refractivity contribution in [3.05, 3.63) is 35.8 Å². The van der Waals surface area contributed by atoms with Crippen LogP contribution in [0.25, 0.3) is 0 Å². The minimum absolute atomic E-state index is 0.0935. The van der Waals surface area contributed by atoms with E-state index in [0.29, 0.717) is 0 Å². The highest BCUT2D eigenvalue weighted by Crippen LogP contribution is 2.40. The Labute approximate surface area is 134 Å². The quantitative estimate of drug-likeness (QED) is 0.600. The second-order valence-corrected chi connectivity index (χ2v) is 12.5.